The van der Waals surface area contributed by atoms with Crippen LogP contribution in [-0.2, 0) is 27.6 Å². The summed E-state index contributed by atoms with van der Waals surface area (Å²) in [4.78, 5) is 29.0. The van der Waals surface area contributed by atoms with E-state index in [-0.39, 0.29) is 17.4 Å². The highest BCUT2D eigenvalue weighted by Crippen LogP contribution is 2.65. The smallest absolute Gasteiger partial charge is 0.416 e. The molecule has 42 heavy (non-hydrogen) atoms. The molecule has 2 aliphatic heterocycles. The Labute approximate surface area is 241 Å². The van der Waals surface area contributed by atoms with E-state index in [1.165, 1.54) is 24.0 Å². The van der Waals surface area contributed by atoms with Crippen LogP contribution in [0.15, 0.2) is 49.1 Å². The van der Waals surface area contributed by atoms with Crippen molar-refractivity contribution in [1.29, 1.82) is 0 Å². The Balaban J connectivity index is 1.36. The SMILES string of the molecule is C=CCN1CC[C@]23c4c5ccc(OC(C)=O)c4O[C@H]2[C@@H](N(C)C(=O)C#Cc2ccc(C(F)(F)F)cc2)CC[C@@]3(O)[C@H]1C5. The molecule has 220 valence electrons. The molecular formula is C32H31F3N2O5. The van der Waals surface area contributed by atoms with E-state index in [0.29, 0.717) is 44.5 Å². The maximum Gasteiger partial charge on any atom is 0.416 e. The first-order valence-electron chi connectivity index (χ1n) is 14.0. The second-order valence-corrected chi connectivity index (χ2v) is 11.6. The van der Waals surface area contributed by atoms with Crippen molar-refractivity contribution in [2.75, 3.05) is 20.1 Å². The van der Waals surface area contributed by atoms with E-state index in [0.717, 1.165) is 23.3 Å². The van der Waals surface area contributed by atoms with Crippen LogP contribution in [0.2, 0.25) is 0 Å². The summed E-state index contributed by atoms with van der Waals surface area (Å²) in [5.41, 5.74) is -0.634. The fourth-order valence-corrected chi connectivity index (χ4v) is 7.72. The molecule has 2 aromatic rings. The molecule has 0 aromatic heterocycles. The third kappa shape index (κ3) is 4.13. The number of likely N-dealkylation sites (tertiary alicyclic amines) is 1. The van der Waals surface area contributed by atoms with Gasteiger partial charge in [0.15, 0.2) is 11.5 Å². The fourth-order valence-electron chi connectivity index (χ4n) is 7.72. The molecule has 1 amide bonds. The fraction of sp³-hybridized carbons (Fsp3) is 0.438. The lowest BCUT2D eigenvalue weighted by Gasteiger charge is -2.64. The number of carbonyl (C=O) groups is 2. The number of carbonyl (C=O) groups excluding carboxylic acids is 2. The molecule has 2 aromatic carbocycles. The summed E-state index contributed by atoms with van der Waals surface area (Å²) in [6, 6.07) is 7.33. The maximum absolute atomic E-state index is 13.3. The predicted molar refractivity (Wildman–Crippen MR) is 147 cm³/mol. The molecule has 2 bridgehead atoms. The molecule has 4 aliphatic rings. The number of piperidine rings is 1. The molecule has 2 aliphatic carbocycles. The molecular weight excluding hydrogens is 549 g/mol. The summed E-state index contributed by atoms with van der Waals surface area (Å²) < 4.78 is 50.9. The molecule has 7 nitrogen and oxygen atoms in total. The van der Waals surface area contributed by atoms with Crippen LogP contribution in [0.3, 0.4) is 0 Å². The summed E-state index contributed by atoms with van der Waals surface area (Å²) in [6.07, 6.45) is -1.23. The van der Waals surface area contributed by atoms with E-state index in [2.05, 4.69) is 23.3 Å². The Morgan fingerprint density at radius 2 is 1.98 bits per heavy atom. The summed E-state index contributed by atoms with van der Waals surface area (Å²) >= 11 is 0. The number of alkyl halides is 3. The molecule has 2 heterocycles. The minimum atomic E-state index is -4.46. The summed E-state index contributed by atoms with van der Waals surface area (Å²) in [6.45, 7) is 6.53. The van der Waals surface area contributed by atoms with Gasteiger partial charge in [-0.15, -0.1) is 6.58 Å². The number of hydrogen-bond acceptors (Lipinski definition) is 6. The number of ether oxygens (including phenoxy) is 2. The third-order valence-electron chi connectivity index (χ3n) is 9.49. The first-order valence-corrected chi connectivity index (χ1v) is 14.0. The van der Waals surface area contributed by atoms with Crippen LogP contribution in [-0.4, -0.2) is 70.7 Å². The molecule has 0 radical (unpaired) electrons. The lowest BCUT2D eigenvalue weighted by atomic mass is 9.48. The lowest BCUT2D eigenvalue weighted by Crippen LogP contribution is -2.78. The number of amides is 1. The second kappa shape index (κ2) is 9.89. The molecule has 0 unspecified atom stereocenters. The first kappa shape index (κ1) is 28.3. The van der Waals surface area contributed by atoms with Crippen LogP contribution in [0.5, 0.6) is 11.5 Å². The van der Waals surface area contributed by atoms with Crippen LogP contribution < -0.4 is 9.47 Å². The zero-order valence-corrected chi connectivity index (χ0v) is 23.3. The highest BCUT2D eigenvalue weighted by Gasteiger charge is 2.73. The van der Waals surface area contributed by atoms with Crippen molar-refractivity contribution < 1.29 is 37.3 Å². The quantitative estimate of drug-likeness (QED) is 0.256. The van der Waals surface area contributed by atoms with Gasteiger partial charge in [0.2, 0.25) is 0 Å². The van der Waals surface area contributed by atoms with Crippen molar-refractivity contribution >= 4 is 11.9 Å². The number of aliphatic hydroxyl groups is 1. The Bertz CT molecular complexity index is 1530. The van der Waals surface area contributed by atoms with Crippen LogP contribution >= 0.6 is 0 Å². The molecule has 2 fully saturated rings. The van der Waals surface area contributed by atoms with Gasteiger partial charge in [0.1, 0.15) is 6.10 Å². The Morgan fingerprint density at radius 3 is 2.64 bits per heavy atom. The zero-order valence-electron chi connectivity index (χ0n) is 23.3. The highest BCUT2D eigenvalue weighted by atomic mass is 19.4. The van der Waals surface area contributed by atoms with Crippen molar-refractivity contribution in [3.05, 3.63) is 71.3 Å². The van der Waals surface area contributed by atoms with Gasteiger partial charge in [0.05, 0.1) is 22.6 Å². The number of esters is 1. The molecule has 6 rings (SSSR count). The van der Waals surface area contributed by atoms with Gasteiger partial charge in [-0.1, -0.05) is 18.1 Å². The molecule has 10 heteroatoms. The Morgan fingerprint density at radius 1 is 1.24 bits per heavy atom. The number of rotatable bonds is 4. The van der Waals surface area contributed by atoms with Crippen molar-refractivity contribution in [3.8, 4) is 23.3 Å². The van der Waals surface area contributed by atoms with E-state index in [4.69, 9.17) is 9.47 Å². The van der Waals surface area contributed by atoms with Crippen molar-refractivity contribution in [1.82, 2.24) is 9.80 Å². The number of halogens is 3. The van der Waals surface area contributed by atoms with Gasteiger partial charge in [0.25, 0.3) is 5.91 Å². The maximum atomic E-state index is 13.3. The second-order valence-electron chi connectivity index (χ2n) is 11.6. The van der Waals surface area contributed by atoms with Gasteiger partial charge in [-0.25, -0.2) is 0 Å². The largest absolute Gasteiger partial charge is 0.483 e. The number of benzene rings is 2. The van der Waals surface area contributed by atoms with Gasteiger partial charge >= 0.3 is 12.1 Å². The van der Waals surface area contributed by atoms with Crippen LogP contribution in [0.4, 0.5) is 13.2 Å². The Kier molecular flexibility index (Phi) is 6.67. The summed E-state index contributed by atoms with van der Waals surface area (Å²) in [5.74, 6) is 4.96. The van der Waals surface area contributed by atoms with E-state index in [1.807, 2.05) is 12.1 Å². The minimum absolute atomic E-state index is 0.185. The third-order valence-corrected chi connectivity index (χ3v) is 9.49. The number of nitrogens with zero attached hydrogens (tertiary/aromatic N) is 2. The average molecular weight is 581 g/mol. The molecule has 1 spiro atoms. The lowest BCUT2D eigenvalue weighted by molar-refractivity contribution is -0.197. The van der Waals surface area contributed by atoms with E-state index < -0.39 is 46.8 Å². The Hall–Kier alpha value is -3.81. The molecule has 1 N–H and O–H groups in total. The zero-order chi connectivity index (χ0) is 30.0. The van der Waals surface area contributed by atoms with Crippen molar-refractivity contribution in [3.63, 3.8) is 0 Å². The first-order chi connectivity index (χ1) is 19.9. The number of likely N-dealkylation sites (N-methyl/N-ethyl adjacent to an activating group) is 1. The topological polar surface area (TPSA) is 79.3 Å². The van der Waals surface area contributed by atoms with Gasteiger partial charge in [0, 0.05) is 43.6 Å². The van der Waals surface area contributed by atoms with Crippen LogP contribution in [0.25, 0.3) is 0 Å². The highest BCUT2D eigenvalue weighted by molar-refractivity contribution is 5.94. The average Bonchev–Trinajstić information content (AvgIpc) is 3.29. The van der Waals surface area contributed by atoms with E-state index in [1.54, 1.807) is 13.1 Å². The van der Waals surface area contributed by atoms with E-state index >= 15 is 0 Å². The van der Waals surface area contributed by atoms with E-state index in [9.17, 15) is 27.9 Å². The molecule has 1 saturated heterocycles. The van der Waals surface area contributed by atoms with Crippen LogP contribution in [0.1, 0.15) is 48.4 Å². The monoisotopic (exact) mass is 580 g/mol. The van der Waals surface area contributed by atoms with Gasteiger partial charge in [-0.05, 0) is 68.1 Å². The minimum Gasteiger partial charge on any atom is -0.483 e. The molecule has 1 saturated carbocycles. The van der Waals surface area contributed by atoms with Gasteiger partial charge in [-0.2, -0.15) is 13.2 Å². The summed E-state index contributed by atoms with van der Waals surface area (Å²) in [7, 11) is 1.63. The van der Waals surface area contributed by atoms with Crippen LogP contribution in [0, 0.1) is 11.8 Å². The van der Waals surface area contributed by atoms with Crippen molar-refractivity contribution in [2.24, 2.45) is 0 Å². The predicted octanol–water partition coefficient (Wildman–Crippen LogP) is 3.85. The van der Waals surface area contributed by atoms with Crippen molar-refractivity contribution in [2.45, 2.75) is 68.0 Å². The summed E-state index contributed by atoms with van der Waals surface area (Å²) in [5, 5.41) is 12.6. The normalized spacial score (nSPS) is 29.0. The molecule has 5 atom stereocenters. The standard InChI is InChI=1S/C32H31F3N2O5/c1-4-16-37-17-15-30-27-21-8-11-24(41-19(2)38)28(27)42-29(30)23(13-14-31(30,40)25(37)18-21)36(3)26(39)12-7-20-5-9-22(10-6-20)32(33,34)35/h4-6,8-11,23,25,29,40H,1,13-18H2,2-3H3/t23-,25+,29-,30-,31+/m0/s1. The number of hydrogen-bond donors (Lipinski definition) is 1. The van der Waals surface area contributed by atoms with Gasteiger partial charge in [-0.3, -0.25) is 14.5 Å². The van der Waals surface area contributed by atoms with Gasteiger partial charge < -0.3 is 19.5 Å².